The van der Waals surface area contributed by atoms with Crippen LogP contribution in [0.5, 0.6) is 0 Å². The standard InChI is InChI=1S/C21H17N5O3/c22-13-15-2-1-3-16(12-15)21(29)24-9-8-19(27)25-17-4-6-18(7-5-17)26-11-10-23-14-20(26)28/h1-7,10-12,14H,8-9H2,(H,24,29)(H,25,27). The molecule has 8 nitrogen and oxygen atoms in total. The molecule has 0 saturated heterocycles. The van der Waals surface area contributed by atoms with Gasteiger partial charge in [-0.1, -0.05) is 6.07 Å². The number of carbonyl (C=O) groups is 2. The van der Waals surface area contributed by atoms with Crippen LogP contribution in [-0.2, 0) is 4.79 Å². The van der Waals surface area contributed by atoms with Gasteiger partial charge in [0.15, 0.2) is 0 Å². The molecule has 0 aliphatic rings. The summed E-state index contributed by atoms with van der Waals surface area (Å²) in [6.07, 6.45) is 4.39. The smallest absolute Gasteiger partial charge is 0.273 e. The summed E-state index contributed by atoms with van der Waals surface area (Å²) >= 11 is 0. The summed E-state index contributed by atoms with van der Waals surface area (Å²) in [5, 5.41) is 14.3. The van der Waals surface area contributed by atoms with Crippen molar-refractivity contribution in [2.24, 2.45) is 0 Å². The zero-order chi connectivity index (χ0) is 20.6. The molecule has 0 atom stereocenters. The summed E-state index contributed by atoms with van der Waals surface area (Å²) in [6.45, 7) is 0.159. The van der Waals surface area contributed by atoms with Crippen LogP contribution in [0.25, 0.3) is 5.69 Å². The summed E-state index contributed by atoms with van der Waals surface area (Å²) in [7, 11) is 0. The molecule has 2 aromatic carbocycles. The van der Waals surface area contributed by atoms with Gasteiger partial charge in [0, 0.05) is 42.3 Å². The number of nitrogens with one attached hydrogen (secondary N) is 2. The maximum absolute atomic E-state index is 12.1. The highest BCUT2D eigenvalue weighted by atomic mass is 16.2. The molecule has 29 heavy (non-hydrogen) atoms. The van der Waals surface area contributed by atoms with E-state index in [0.717, 1.165) is 0 Å². The van der Waals surface area contributed by atoms with E-state index >= 15 is 0 Å². The maximum Gasteiger partial charge on any atom is 0.273 e. The van der Waals surface area contributed by atoms with E-state index < -0.39 is 0 Å². The van der Waals surface area contributed by atoms with Gasteiger partial charge in [0.05, 0.1) is 17.8 Å². The highest BCUT2D eigenvalue weighted by molar-refractivity contribution is 5.95. The topological polar surface area (TPSA) is 117 Å². The summed E-state index contributed by atoms with van der Waals surface area (Å²) in [5.74, 6) is -0.605. The first-order valence-electron chi connectivity index (χ1n) is 8.78. The fourth-order valence-corrected chi connectivity index (χ4v) is 2.61. The molecule has 0 aliphatic carbocycles. The first-order valence-corrected chi connectivity index (χ1v) is 8.78. The molecule has 0 saturated carbocycles. The van der Waals surface area contributed by atoms with Gasteiger partial charge in [0.2, 0.25) is 5.91 Å². The Balaban J connectivity index is 1.51. The highest BCUT2D eigenvalue weighted by Gasteiger charge is 2.08. The van der Waals surface area contributed by atoms with Crippen molar-refractivity contribution in [1.82, 2.24) is 14.9 Å². The normalized spacial score (nSPS) is 10.0. The van der Waals surface area contributed by atoms with Crippen molar-refractivity contribution in [1.29, 1.82) is 5.26 Å². The highest BCUT2D eigenvalue weighted by Crippen LogP contribution is 2.12. The number of hydrogen-bond acceptors (Lipinski definition) is 5. The largest absolute Gasteiger partial charge is 0.352 e. The minimum absolute atomic E-state index is 0.0925. The molecule has 2 N–H and O–H groups in total. The Morgan fingerprint density at radius 1 is 1.14 bits per heavy atom. The summed E-state index contributed by atoms with van der Waals surface area (Å²) < 4.78 is 1.44. The first-order chi connectivity index (χ1) is 14.1. The van der Waals surface area contributed by atoms with Gasteiger partial charge < -0.3 is 10.6 Å². The molecule has 1 heterocycles. The van der Waals surface area contributed by atoms with E-state index in [1.807, 2.05) is 6.07 Å². The van der Waals surface area contributed by atoms with Gasteiger partial charge in [-0.25, -0.2) is 0 Å². The second kappa shape index (κ2) is 9.10. The third kappa shape index (κ3) is 5.14. The van der Waals surface area contributed by atoms with E-state index in [-0.39, 0.29) is 30.3 Å². The van der Waals surface area contributed by atoms with E-state index in [0.29, 0.717) is 22.5 Å². The third-order valence-corrected chi connectivity index (χ3v) is 4.04. The van der Waals surface area contributed by atoms with Crippen molar-refractivity contribution < 1.29 is 9.59 Å². The zero-order valence-electron chi connectivity index (χ0n) is 15.3. The van der Waals surface area contributed by atoms with Gasteiger partial charge >= 0.3 is 0 Å². The van der Waals surface area contributed by atoms with Crippen LogP contribution in [0.3, 0.4) is 0 Å². The predicted octanol–water partition coefficient (Wildman–Crippen LogP) is 1.86. The number of rotatable bonds is 6. The van der Waals surface area contributed by atoms with E-state index in [2.05, 4.69) is 15.6 Å². The molecular formula is C21H17N5O3. The van der Waals surface area contributed by atoms with Crippen molar-refractivity contribution in [2.45, 2.75) is 6.42 Å². The van der Waals surface area contributed by atoms with Gasteiger partial charge in [-0.05, 0) is 42.5 Å². The van der Waals surface area contributed by atoms with Crippen molar-refractivity contribution >= 4 is 17.5 Å². The van der Waals surface area contributed by atoms with E-state index in [4.69, 9.17) is 5.26 Å². The number of aromatic nitrogens is 2. The van der Waals surface area contributed by atoms with Gasteiger partial charge in [-0.3, -0.25) is 23.9 Å². The number of carbonyl (C=O) groups excluding carboxylic acids is 2. The third-order valence-electron chi connectivity index (χ3n) is 4.04. The monoisotopic (exact) mass is 387 g/mol. The molecule has 0 radical (unpaired) electrons. The zero-order valence-corrected chi connectivity index (χ0v) is 15.3. The average molecular weight is 387 g/mol. The average Bonchev–Trinajstić information content (AvgIpc) is 2.74. The fraction of sp³-hybridized carbons (Fsp3) is 0.0952. The van der Waals surface area contributed by atoms with E-state index in [1.54, 1.807) is 48.7 Å². The number of nitrogens with zero attached hydrogens (tertiary/aromatic N) is 3. The molecule has 8 heteroatoms. The van der Waals surface area contributed by atoms with E-state index in [1.165, 1.54) is 23.0 Å². The van der Waals surface area contributed by atoms with Gasteiger partial charge in [-0.15, -0.1) is 0 Å². The Bertz CT molecular complexity index is 1130. The van der Waals surface area contributed by atoms with Gasteiger partial charge in [0.1, 0.15) is 0 Å². The lowest BCUT2D eigenvalue weighted by atomic mass is 10.1. The molecule has 3 aromatic rings. The lowest BCUT2D eigenvalue weighted by Gasteiger charge is -2.09. The van der Waals surface area contributed by atoms with Crippen LogP contribution in [0.1, 0.15) is 22.3 Å². The second-order valence-corrected chi connectivity index (χ2v) is 6.08. The number of nitriles is 1. The van der Waals surface area contributed by atoms with Crippen LogP contribution in [0.4, 0.5) is 5.69 Å². The van der Waals surface area contributed by atoms with Crippen LogP contribution >= 0.6 is 0 Å². The fourth-order valence-electron chi connectivity index (χ4n) is 2.61. The Morgan fingerprint density at radius 3 is 2.66 bits per heavy atom. The van der Waals surface area contributed by atoms with Crippen molar-refractivity contribution in [3.8, 4) is 11.8 Å². The van der Waals surface area contributed by atoms with Crippen molar-refractivity contribution in [3.05, 3.63) is 88.6 Å². The summed E-state index contributed by atoms with van der Waals surface area (Å²) in [5.41, 5.74) is 1.75. The van der Waals surface area contributed by atoms with Crippen molar-refractivity contribution in [2.75, 3.05) is 11.9 Å². The Labute approximate surface area is 166 Å². The van der Waals surface area contributed by atoms with Crippen LogP contribution in [0, 0.1) is 11.3 Å². The molecule has 0 fully saturated rings. The predicted molar refractivity (Wildman–Crippen MR) is 107 cm³/mol. The van der Waals surface area contributed by atoms with Crippen molar-refractivity contribution in [3.63, 3.8) is 0 Å². The molecule has 0 unspecified atom stereocenters. The van der Waals surface area contributed by atoms with Crippen LogP contribution in [0.15, 0.2) is 71.9 Å². The minimum Gasteiger partial charge on any atom is -0.352 e. The number of amides is 2. The summed E-state index contributed by atoms with van der Waals surface area (Å²) in [6, 6.07) is 15.1. The van der Waals surface area contributed by atoms with E-state index in [9.17, 15) is 14.4 Å². The maximum atomic E-state index is 12.1. The van der Waals surface area contributed by atoms with Crippen LogP contribution < -0.4 is 16.2 Å². The summed E-state index contributed by atoms with van der Waals surface area (Å²) in [4.78, 5) is 39.7. The lowest BCUT2D eigenvalue weighted by Crippen LogP contribution is -2.27. The molecule has 2 amide bonds. The molecule has 3 rings (SSSR count). The quantitative estimate of drug-likeness (QED) is 0.670. The molecule has 0 aliphatic heterocycles. The number of benzene rings is 2. The first kappa shape index (κ1) is 19.5. The SMILES string of the molecule is N#Cc1cccc(C(=O)NCCC(=O)Nc2ccc(-n3ccncc3=O)cc2)c1. The number of hydrogen-bond donors (Lipinski definition) is 2. The Hall–Kier alpha value is -4.25. The second-order valence-electron chi connectivity index (χ2n) is 6.08. The Kier molecular flexibility index (Phi) is 6.12. The molecule has 144 valence electrons. The molecular weight excluding hydrogens is 370 g/mol. The van der Waals surface area contributed by atoms with Crippen LogP contribution in [0.2, 0.25) is 0 Å². The van der Waals surface area contributed by atoms with Crippen LogP contribution in [-0.4, -0.2) is 27.9 Å². The molecule has 0 spiro atoms. The molecule has 0 bridgehead atoms. The minimum atomic E-state index is -0.345. The molecule has 1 aromatic heterocycles. The Morgan fingerprint density at radius 2 is 1.93 bits per heavy atom. The number of anilines is 1. The lowest BCUT2D eigenvalue weighted by molar-refractivity contribution is -0.116. The van der Waals surface area contributed by atoms with Gasteiger partial charge in [0.25, 0.3) is 11.5 Å². The van der Waals surface area contributed by atoms with Gasteiger partial charge in [-0.2, -0.15) is 5.26 Å².